The third-order valence-electron chi connectivity index (χ3n) is 4.03. The summed E-state index contributed by atoms with van der Waals surface area (Å²) in [5.41, 5.74) is 2.56. The average Bonchev–Trinajstić information content (AvgIpc) is 2.47. The van der Waals surface area contributed by atoms with Crippen molar-refractivity contribution in [1.29, 1.82) is 0 Å². The highest BCUT2D eigenvalue weighted by molar-refractivity contribution is 9.10. The predicted molar refractivity (Wildman–Crippen MR) is 87.4 cm³/mol. The van der Waals surface area contributed by atoms with E-state index in [4.69, 9.17) is 5.11 Å². The van der Waals surface area contributed by atoms with E-state index in [0.29, 0.717) is 6.04 Å². The van der Waals surface area contributed by atoms with E-state index in [1.54, 1.807) is 0 Å². The lowest BCUT2D eigenvalue weighted by Crippen LogP contribution is -2.47. The van der Waals surface area contributed by atoms with Crippen molar-refractivity contribution < 1.29 is 5.11 Å². The number of halogens is 1. The van der Waals surface area contributed by atoms with E-state index < -0.39 is 0 Å². The summed E-state index contributed by atoms with van der Waals surface area (Å²) in [5, 5.41) is 12.2. The monoisotopic (exact) mass is 341 g/mol. The Kier molecular flexibility index (Phi) is 5.84. The molecule has 0 radical (unpaired) electrons. The van der Waals surface area contributed by atoms with Gasteiger partial charge in [-0.3, -0.25) is 4.90 Å². The van der Waals surface area contributed by atoms with Crippen LogP contribution in [0.3, 0.4) is 0 Å². The number of rotatable bonds is 5. The van der Waals surface area contributed by atoms with E-state index in [0.717, 1.165) is 37.2 Å². The van der Waals surface area contributed by atoms with Crippen molar-refractivity contribution in [2.45, 2.75) is 13.0 Å². The molecule has 0 aliphatic carbocycles. The van der Waals surface area contributed by atoms with Crippen molar-refractivity contribution >= 4 is 21.6 Å². The first kappa shape index (κ1) is 15.8. The molecule has 1 aromatic carbocycles. The maximum Gasteiger partial charge on any atom is 0.0558 e. The zero-order chi connectivity index (χ0) is 14.5. The van der Waals surface area contributed by atoms with Crippen LogP contribution in [-0.2, 0) is 0 Å². The second-order valence-electron chi connectivity index (χ2n) is 5.27. The molecule has 2 N–H and O–H groups in total. The van der Waals surface area contributed by atoms with Gasteiger partial charge >= 0.3 is 0 Å². The molecule has 0 bridgehead atoms. The van der Waals surface area contributed by atoms with E-state index in [9.17, 15) is 0 Å². The first-order valence-electron chi connectivity index (χ1n) is 7.20. The summed E-state index contributed by atoms with van der Waals surface area (Å²) in [4.78, 5) is 4.72. The molecule has 1 saturated heterocycles. The molecular formula is C15H24BrN3O. The lowest BCUT2D eigenvalue weighted by Gasteiger charge is -2.36. The van der Waals surface area contributed by atoms with Gasteiger partial charge in [-0.2, -0.15) is 0 Å². The van der Waals surface area contributed by atoms with Crippen molar-refractivity contribution in [3.05, 3.63) is 28.2 Å². The molecule has 1 aliphatic rings. The molecule has 1 fully saturated rings. The first-order valence-corrected chi connectivity index (χ1v) is 8.00. The van der Waals surface area contributed by atoms with Crippen molar-refractivity contribution in [3.8, 4) is 0 Å². The van der Waals surface area contributed by atoms with Gasteiger partial charge in [-0.15, -0.1) is 0 Å². The molecule has 1 unspecified atom stereocenters. The van der Waals surface area contributed by atoms with Gasteiger partial charge in [-0.05, 0) is 47.6 Å². The van der Waals surface area contributed by atoms with Crippen LogP contribution in [0.4, 0.5) is 5.69 Å². The smallest absolute Gasteiger partial charge is 0.0558 e. The van der Waals surface area contributed by atoms with Gasteiger partial charge in [-0.25, -0.2) is 0 Å². The van der Waals surface area contributed by atoms with E-state index in [1.165, 1.54) is 11.3 Å². The van der Waals surface area contributed by atoms with Crippen LogP contribution >= 0.6 is 15.9 Å². The number of anilines is 1. The number of piperazine rings is 1. The molecule has 1 aliphatic heterocycles. The molecule has 1 heterocycles. The number of benzene rings is 1. The fraction of sp³-hybridized carbons (Fsp3) is 0.600. The van der Waals surface area contributed by atoms with Crippen LogP contribution in [0.2, 0.25) is 0 Å². The van der Waals surface area contributed by atoms with Gasteiger partial charge in [0, 0.05) is 43.2 Å². The maximum atomic E-state index is 8.98. The Hall–Kier alpha value is -0.620. The van der Waals surface area contributed by atoms with E-state index >= 15 is 0 Å². The largest absolute Gasteiger partial charge is 0.395 e. The van der Waals surface area contributed by atoms with Crippen LogP contribution in [-0.4, -0.2) is 56.4 Å². The highest BCUT2D eigenvalue weighted by atomic mass is 79.9. The van der Waals surface area contributed by atoms with E-state index in [-0.39, 0.29) is 6.61 Å². The van der Waals surface area contributed by atoms with Crippen molar-refractivity contribution in [1.82, 2.24) is 10.2 Å². The van der Waals surface area contributed by atoms with Crippen LogP contribution in [0.5, 0.6) is 0 Å². The minimum absolute atomic E-state index is 0.250. The van der Waals surface area contributed by atoms with Crippen LogP contribution in [0.15, 0.2) is 22.7 Å². The van der Waals surface area contributed by atoms with Gasteiger partial charge in [0.2, 0.25) is 0 Å². The third-order valence-corrected chi connectivity index (χ3v) is 4.67. The Morgan fingerprint density at radius 1 is 1.30 bits per heavy atom. The Morgan fingerprint density at radius 2 is 2.00 bits per heavy atom. The van der Waals surface area contributed by atoms with Crippen LogP contribution in [0, 0.1) is 0 Å². The summed E-state index contributed by atoms with van der Waals surface area (Å²) in [6.07, 6.45) is 0. The minimum Gasteiger partial charge on any atom is -0.395 e. The molecule has 20 heavy (non-hydrogen) atoms. The Labute approximate surface area is 129 Å². The number of hydrogen-bond donors (Lipinski definition) is 2. The molecule has 0 saturated carbocycles. The van der Waals surface area contributed by atoms with Crippen LogP contribution in [0.25, 0.3) is 0 Å². The first-order chi connectivity index (χ1) is 9.65. The second kappa shape index (κ2) is 7.41. The van der Waals surface area contributed by atoms with Gasteiger partial charge < -0.3 is 15.3 Å². The van der Waals surface area contributed by atoms with Crippen molar-refractivity contribution in [3.63, 3.8) is 0 Å². The second-order valence-corrected chi connectivity index (χ2v) is 6.13. The fourth-order valence-corrected chi connectivity index (χ4v) is 3.22. The SMILES string of the molecule is CNC(C)c1ccc(N2CCN(CCO)CC2)c(Br)c1. The van der Waals surface area contributed by atoms with Crippen molar-refractivity contribution in [2.24, 2.45) is 0 Å². The summed E-state index contributed by atoms with van der Waals surface area (Å²) in [6.45, 7) is 7.26. The fourth-order valence-electron chi connectivity index (χ4n) is 2.57. The molecule has 0 amide bonds. The summed E-state index contributed by atoms with van der Waals surface area (Å²) >= 11 is 3.70. The molecule has 0 aromatic heterocycles. The predicted octanol–water partition coefficient (Wildman–Crippen LogP) is 1.84. The van der Waals surface area contributed by atoms with E-state index in [1.807, 2.05) is 7.05 Å². The molecule has 1 atom stereocenters. The quantitative estimate of drug-likeness (QED) is 0.857. The molecular weight excluding hydrogens is 318 g/mol. The topological polar surface area (TPSA) is 38.7 Å². The normalized spacial score (nSPS) is 18.3. The number of β-amino-alcohol motifs (C(OH)–C–C–N with tert-alkyl or cyclic N) is 1. The van der Waals surface area contributed by atoms with Gasteiger partial charge in [0.25, 0.3) is 0 Å². The summed E-state index contributed by atoms with van der Waals surface area (Å²) in [6, 6.07) is 6.97. The van der Waals surface area contributed by atoms with Crippen LogP contribution < -0.4 is 10.2 Å². The van der Waals surface area contributed by atoms with Crippen LogP contribution in [0.1, 0.15) is 18.5 Å². The lowest BCUT2D eigenvalue weighted by molar-refractivity contribution is 0.188. The molecule has 4 nitrogen and oxygen atoms in total. The molecule has 2 rings (SSSR count). The number of nitrogens with zero attached hydrogens (tertiary/aromatic N) is 2. The number of aliphatic hydroxyl groups is 1. The summed E-state index contributed by atoms with van der Waals surface area (Å²) in [5.74, 6) is 0. The molecule has 112 valence electrons. The molecule has 1 aromatic rings. The average molecular weight is 342 g/mol. The van der Waals surface area contributed by atoms with Gasteiger partial charge in [0.05, 0.1) is 12.3 Å². The lowest BCUT2D eigenvalue weighted by atomic mass is 10.1. The highest BCUT2D eigenvalue weighted by Gasteiger charge is 2.18. The standard InChI is InChI=1S/C15H24BrN3O/c1-12(17-2)13-3-4-15(14(16)11-13)19-7-5-18(6-8-19)9-10-20/h3-4,11-12,17,20H,5-10H2,1-2H3. The minimum atomic E-state index is 0.250. The summed E-state index contributed by atoms with van der Waals surface area (Å²) in [7, 11) is 1.98. The number of nitrogens with one attached hydrogen (secondary N) is 1. The zero-order valence-corrected chi connectivity index (χ0v) is 13.9. The highest BCUT2D eigenvalue weighted by Crippen LogP contribution is 2.30. The van der Waals surface area contributed by atoms with Gasteiger partial charge in [-0.1, -0.05) is 6.07 Å². The maximum absolute atomic E-state index is 8.98. The van der Waals surface area contributed by atoms with E-state index in [2.05, 4.69) is 56.2 Å². The zero-order valence-electron chi connectivity index (χ0n) is 12.3. The number of hydrogen-bond acceptors (Lipinski definition) is 4. The molecule has 5 heteroatoms. The Morgan fingerprint density at radius 3 is 2.55 bits per heavy atom. The van der Waals surface area contributed by atoms with Crippen molar-refractivity contribution in [2.75, 3.05) is 51.3 Å². The van der Waals surface area contributed by atoms with Gasteiger partial charge in [0.15, 0.2) is 0 Å². The van der Waals surface area contributed by atoms with Gasteiger partial charge in [0.1, 0.15) is 0 Å². The summed E-state index contributed by atoms with van der Waals surface area (Å²) < 4.78 is 1.16. The Bertz CT molecular complexity index is 433. The number of aliphatic hydroxyl groups excluding tert-OH is 1. The third kappa shape index (κ3) is 3.73. The molecule has 0 spiro atoms. The Balaban J connectivity index is 2.03.